The fourth-order valence-electron chi connectivity index (χ4n) is 4.91. The average molecular weight is 551 g/mol. The summed E-state index contributed by atoms with van der Waals surface area (Å²) in [6, 6.07) is 36.8. The molecule has 0 N–H and O–H groups in total. The van der Waals surface area contributed by atoms with Crippen LogP contribution in [0, 0.1) is 0 Å². The molecule has 0 aliphatic rings. The van der Waals surface area contributed by atoms with Gasteiger partial charge in [0.15, 0.2) is 0 Å². The molecule has 0 saturated heterocycles. The topological polar surface area (TPSA) is 27.7 Å². The second-order valence-electron chi connectivity index (χ2n) is 8.55. The maximum atomic E-state index is 5.59. The van der Waals surface area contributed by atoms with Crippen LogP contribution in [0.3, 0.4) is 0 Å². The zero-order chi connectivity index (χ0) is 24.8. The van der Waals surface area contributed by atoms with Gasteiger partial charge in [0.25, 0.3) is 0 Å². The minimum absolute atomic E-state index is 0.622. The van der Waals surface area contributed by atoms with E-state index in [1.54, 1.807) is 21.3 Å². The van der Waals surface area contributed by atoms with Crippen molar-refractivity contribution in [3.8, 4) is 17.2 Å². The van der Waals surface area contributed by atoms with Gasteiger partial charge < -0.3 is 0 Å². The zero-order valence-electron chi connectivity index (χ0n) is 20.5. The van der Waals surface area contributed by atoms with E-state index in [9.17, 15) is 0 Å². The number of hydrogen-bond donors (Lipinski definition) is 0. The Morgan fingerprint density at radius 3 is 1.34 bits per heavy atom. The predicted octanol–water partition coefficient (Wildman–Crippen LogP) is 6.48. The van der Waals surface area contributed by atoms with Gasteiger partial charge in [-0.05, 0) is 0 Å². The first-order chi connectivity index (χ1) is 17.0. The molecule has 0 aromatic heterocycles. The van der Waals surface area contributed by atoms with Gasteiger partial charge in [0.1, 0.15) is 0 Å². The van der Waals surface area contributed by atoms with Crippen LogP contribution in [0.1, 0.15) is 12.0 Å². The summed E-state index contributed by atoms with van der Waals surface area (Å²) >= 11 is 4.53. The Morgan fingerprint density at radius 1 is 0.600 bits per heavy atom. The van der Waals surface area contributed by atoms with Gasteiger partial charge in [0.05, 0.1) is 0 Å². The van der Waals surface area contributed by atoms with E-state index < -0.39 is 5.31 Å². The van der Waals surface area contributed by atoms with Crippen LogP contribution in [0.25, 0.3) is 0 Å². The summed E-state index contributed by atoms with van der Waals surface area (Å²) in [5, 5.41) is 1.07. The molecule has 4 aromatic rings. The van der Waals surface area contributed by atoms with Gasteiger partial charge in [0, 0.05) is 0 Å². The van der Waals surface area contributed by atoms with Crippen molar-refractivity contribution in [2.75, 3.05) is 27.5 Å². The molecule has 0 heterocycles. The molecule has 0 atom stereocenters. The van der Waals surface area contributed by atoms with Gasteiger partial charge in [0.2, 0.25) is 0 Å². The number of benzene rings is 4. The van der Waals surface area contributed by atoms with Gasteiger partial charge in [-0.15, -0.1) is 0 Å². The van der Waals surface area contributed by atoms with E-state index in [1.165, 1.54) is 15.9 Å². The first kappa shape index (κ1) is 25.3. The van der Waals surface area contributed by atoms with Crippen molar-refractivity contribution in [1.82, 2.24) is 0 Å². The van der Waals surface area contributed by atoms with Gasteiger partial charge in [-0.1, -0.05) is 0 Å². The summed E-state index contributed by atoms with van der Waals surface area (Å²) < 4.78 is 16.7. The molecule has 0 spiro atoms. The van der Waals surface area contributed by atoms with Crippen molar-refractivity contribution in [2.24, 2.45) is 0 Å². The molecular formula is C30H32BrO3P. The van der Waals surface area contributed by atoms with Gasteiger partial charge in [-0.25, -0.2) is 0 Å². The van der Waals surface area contributed by atoms with Crippen molar-refractivity contribution >= 4 is 36.7 Å². The molecule has 0 radical (unpaired) electrons. The van der Waals surface area contributed by atoms with Crippen LogP contribution in [-0.4, -0.2) is 27.5 Å². The van der Waals surface area contributed by atoms with Crippen LogP contribution in [-0.2, 0) is 6.42 Å². The second kappa shape index (κ2) is 10.8. The first-order valence-corrected chi connectivity index (χ1v) is 16.2. The van der Waals surface area contributed by atoms with Crippen molar-refractivity contribution in [1.29, 1.82) is 0 Å². The quantitative estimate of drug-likeness (QED) is 0.211. The SMILES string of the molecule is COc1cc(CCCP(Br)(c2ccccc2)(c2ccccc2)c2ccccc2)cc(OC)c1OC. The Kier molecular flexibility index (Phi) is 7.84. The molecule has 3 nitrogen and oxygen atoms in total. The second-order valence-corrected chi connectivity index (χ2v) is 17.6. The van der Waals surface area contributed by atoms with E-state index in [2.05, 4.69) is 119 Å². The number of ether oxygens (including phenoxy) is 3. The molecule has 4 aromatic carbocycles. The summed E-state index contributed by atoms with van der Waals surface area (Å²) in [5.74, 6) is 2.00. The Bertz CT molecular complexity index is 1120. The van der Waals surface area contributed by atoms with Crippen molar-refractivity contribution in [2.45, 2.75) is 12.8 Å². The maximum absolute atomic E-state index is 5.59. The third-order valence-electron chi connectivity index (χ3n) is 6.65. The number of methoxy groups -OCH3 is 3. The fraction of sp³-hybridized carbons (Fsp3) is 0.200. The average Bonchev–Trinajstić information content (AvgIpc) is 2.93. The minimum atomic E-state index is -2.93. The Balaban J connectivity index is 1.80. The van der Waals surface area contributed by atoms with E-state index in [0.717, 1.165) is 24.6 Å². The fourth-order valence-corrected chi connectivity index (χ4v) is 12.6. The third kappa shape index (κ3) is 4.70. The summed E-state index contributed by atoms with van der Waals surface area (Å²) in [5.41, 5.74) is 1.16. The van der Waals surface area contributed by atoms with Gasteiger partial charge in [-0.3, -0.25) is 0 Å². The Morgan fingerprint density at radius 2 is 1.00 bits per heavy atom. The molecule has 0 unspecified atom stereocenters. The Hall–Kier alpha value is -2.81. The molecule has 0 aliphatic heterocycles. The van der Waals surface area contributed by atoms with Gasteiger partial charge in [-0.2, -0.15) is 0 Å². The molecule has 0 aliphatic carbocycles. The molecule has 0 bridgehead atoms. The monoisotopic (exact) mass is 550 g/mol. The van der Waals surface area contributed by atoms with E-state index >= 15 is 0 Å². The van der Waals surface area contributed by atoms with Crippen LogP contribution < -0.4 is 30.1 Å². The van der Waals surface area contributed by atoms with Crippen molar-refractivity contribution in [3.63, 3.8) is 0 Å². The van der Waals surface area contributed by atoms with Crippen molar-refractivity contribution < 1.29 is 14.2 Å². The molecule has 5 heteroatoms. The molecule has 0 fully saturated rings. The number of hydrogen-bond acceptors (Lipinski definition) is 3. The molecule has 0 amide bonds. The first-order valence-electron chi connectivity index (χ1n) is 11.7. The molecule has 182 valence electrons. The number of halogens is 1. The molecule has 0 saturated carbocycles. The van der Waals surface area contributed by atoms with E-state index in [-0.39, 0.29) is 0 Å². The third-order valence-corrected chi connectivity index (χ3v) is 16.7. The molecular weight excluding hydrogens is 519 g/mol. The summed E-state index contributed by atoms with van der Waals surface area (Å²) in [4.78, 5) is 0. The predicted molar refractivity (Wildman–Crippen MR) is 153 cm³/mol. The van der Waals surface area contributed by atoms with Crippen LogP contribution in [0.2, 0.25) is 0 Å². The van der Waals surface area contributed by atoms with E-state index in [1.807, 2.05) is 0 Å². The van der Waals surface area contributed by atoms with Crippen LogP contribution >= 0.6 is 20.8 Å². The van der Waals surface area contributed by atoms with E-state index in [0.29, 0.717) is 17.2 Å². The molecule has 35 heavy (non-hydrogen) atoms. The normalized spacial score (nSPS) is 12.4. The molecule has 4 rings (SSSR count). The number of aryl methyl sites for hydroxylation is 1. The standard InChI is InChI=1S/C30H32BrO3P/c1-32-28-22-24(23-29(33-2)30(28)34-3)14-13-21-35(31,25-15-7-4-8-16-25,26-17-9-5-10-18-26)27-19-11-6-12-20-27/h4-12,15-20,22-23H,13-14,21H2,1-3H3. The van der Waals surface area contributed by atoms with E-state index in [4.69, 9.17) is 14.2 Å². The van der Waals surface area contributed by atoms with Crippen LogP contribution in [0.5, 0.6) is 17.2 Å². The zero-order valence-corrected chi connectivity index (χ0v) is 23.0. The van der Waals surface area contributed by atoms with Crippen LogP contribution in [0.4, 0.5) is 0 Å². The van der Waals surface area contributed by atoms with Gasteiger partial charge >= 0.3 is 217 Å². The summed E-state index contributed by atoms with van der Waals surface area (Å²) in [7, 11) is 4.95. The van der Waals surface area contributed by atoms with Crippen LogP contribution in [0.15, 0.2) is 103 Å². The Labute approximate surface area is 216 Å². The summed E-state index contributed by atoms with van der Waals surface area (Å²) in [6.07, 6.45) is 2.83. The summed E-state index contributed by atoms with van der Waals surface area (Å²) in [6.45, 7) is 0. The number of rotatable bonds is 10. The van der Waals surface area contributed by atoms with Crippen molar-refractivity contribution in [3.05, 3.63) is 109 Å².